The Morgan fingerprint density at radius 1 is 1.24 bits per heavy atom. The average Bonchev–Trinajstić information content (AvgIpc) is 2.15. The lowest BCUT2D eigenvalue weighted by Crippen LogP contribution is -2.46. The molecule has 0 saturated heterocycles. The van der Waals surface area contributed by atoms with E-state index in [1.54, 1.807) is 0 Å². The first kappa shape index (κ1) is 15.2. The van der Waals surface area contributed by atoms with E-state index in [4.69, 9.17) is 10.2 Å². The van der Waals surface area contributed by atoms with Crippen molar-refractivity contribution in [2.45, 2.75) is 25.8 Å². The Morgan fingerprint density at radius 3 is 2.18 bits per heavy atom. The Balaban J connectivity index is 4.77. The Bertz CT molecular complexity index is 298. The molecule has 0 aromatic carbocycles. The molecule has 0 aliphatic heterocycles. The molecular weight excluding hydrogens is 230 g/mol. The number of ketones is 1. The molecular formula is C10H15NO6. The minimum absolute atomic E-state index is 0.00495. The number of carboxylic acid groups (broad SMARTS) is 2. The summed E-state index contributed by atoms with van der Waals surface area (Å²) in [5.74, 6) is -2.79. The zero-order valence-electron chi connectivity index (χ0n) is 9.46. The van der Waals surface area contributed by atoms with E-state index in [1.807, 2.05) is 0 Å². The van der Waals surface area contributed by atoms with Crippen LogP contribution in [0.15, 0.2) is 0 Å². The molecule has 0 aromatic rings. The summed E-state index contributed by atoms with van der Waals surface area (Å²) in [6.45, 7) is 0.436. The van der Waals surface area contributed by atoms with E-state index in [2.05, 4.69) is 0 Å². The van der Waals surface area contributed by atoms with Crippen LogP contribution in [0.2, 0.25) is 0 Å². The first-order chi connectivity index (χ1) is 7.88. The Kier molecular flexibility index (Phi) is 6.73. The molecule has 0 amide bonds. The third-order valence-electron chi connectivity index (χ3n) is 2.05. The summed E-state index contributed by atoms with van der Waals surface area (Å²) in [6.07, 6.45) is 0.549. The molecule has 0 bridgehead atoms. The number of carbonyl (C=O) groups is 4. The van der Waals surface area contributed by atoms with Crippen LogP contribution >= 0.6 is 0 Å². The van der Waals surface area contributed by atoms with Crippen molar-refractivity contribution in [3.8, 4) is 0 Å². The van der Waals surface area contributed by atoms with E-state index in [0.29, 0.717) is 6.29 Å². The molecule has 7 heteroatoms. The average molecular weight is 245 g/mol. The molecule has 0 aliphatic rings. The predicted octanol–water partition coefficient (Wildman–Crippen LogP) is -0.606. The molecule has 96 valence electrons. The van der Waals surface area contributed by atoms with Crippen molar-refractivity contribution in [2.24, 2.45) is 0 Å². The van der Waals surface area contributed by atoms with E-state index in [9.17, 15) is 19.2 Å². The van der Waals surface area contributed by atoms with E-state index < -0.39 is 24.5 Å². The van der Waals surface area contributed by atoms with E-state index in [0.717, 1.165) is 4.90 Å². The number of hydrogen-bond acceptors (Lipinski definition) is 5. The summed E-state index contributed by atoms with van der Waals surface area (Å²) in [6, 6.07) is -1.14. The van der Waals surface area contributed by atoms with Crippen LogP contribution in [0.1, 0.15) is 19.8 Å². The van der Waals surface area contributed by atoms with Crippen LogP contribution in [0.4, 0.5) is 0 Å². The van der Waals surface area contributed by atoms with Crippen LogP contribution in [0.25, 0.3) is 0 Å². The molecule has 1 atom stereocenters. The zero-order valence-corrected chi connectivity index (χ0v) is 9.46. The summed E-state index contributed by atoms with van der Waals surface area (Å²) in [4.78, 5) is 43.7. The predicted molar refractivity (Wildman–Crippen MR) is 56.6 cm³/mol. The third-order valence-corrected chi connectivity index (χ3v) is 2.05. The molecule has 2 N–H and O–H groups in total. The fourth-order valence-electron chi connectivity index (χ4n) is 1.42. The van der Waals surface area contributed by atoms with Gasteiger partial charge >= 0.3 is 11.9 Å². The maximum Gasteiger partial charge on any atom is 0.320 e. The molecule has 0 heterocycles. The van der Waals surface area contributed by atoms with Gasteiger partial charge in [-0.3, -0.25) is 19.3 Å². The maximum absolute atomic E-state index is 10.9. The van der Waals surface area contributed by atoms with Gasteiger partial charge in [0, 0.05) is 6.42 Å². The molecule has 0 spiro atoms. The van der Waals surface area contributed by atoms with Crippen molar-refractivity contribution in [1.82, 2.24) is 4.90 Å². The number of aldehydes is 1. The van der Waals surface area contributed by atoms with Gasteiger partial charge in [0.1, 0.15) is 18.1 Å². The van der Waals surface area contributed by atoms with Crippen molar-refractivity contribution >= 4 is 24.0 Å². The van der Waals surface area contributed by atoms with Crippen LogP contribution < -0.4 is 0 Å². The summed E-state index contributed by atoms with van der Waals surface area (Å²) >= 11 is 0. The number of Topliss-reactive ketones (excluding diaryl/α,β-unsaturated/α-hetero) is 1. The van der Waals surface area contributed by atoms with Gasteiger partial charge in [-0.25, -0.2) is 0 Å². The summed E-state index contributed by atoms with van der Waals surface area (Å²) < 4.78 is 0. The van der Waals surface area contributed by atoms with E-state index >= 15 is 0 Å². The lowest BCUT2D eigenvalue weighted by molar-refractivity contribution is -0.146. The van der Waals surface area contributed by atoms with E-state index in [1.165, 1.54) is 6.92 Å². The lowest BCUT2D eigenvalue weighted by Gasteiger charge is -2.25. The normalized spacial score (nSPS) is 12.1. The Labute approximate surface area is 98.0 Å². The summed E-state index contributed by atoms with van der Waals surface area (Å²) in [5.41, 5.74) is 0. The Morgan fingerprint density at radius 2 is 1.82 bits per heavy atom. The van der Waals surface area contributed by atoms with Crippen molar-refractivity contribution in [1.29, 1.82) is 0 Å². The van der Waals surface area contributed by atoms with Crippen LogP contribution in [0.3, 0.4) is 0 Å². The number of carboxylic acids is 2. The monoisotopic (exact) mass is 245 g/mol. The maximum atomic E-state index is 10.9. The second-order valence-electron chi connectivity index (χ2n) is 3.60. The number of nitrogens with zero attached hydrogens (tertiary/aromatic N) is 1. The van der Waals surface area contributed by atoms with Gasteiger partial charge in [-0.05, 0) is 13.3 Å². The highest BCUT2D eigenvalue weighted by Crippen LogP contribution is 2.07. The number of rotatable bonds is 9. The van der Waals surface area contributed by atoms with Gasteiger partial charge in [-0.1, -0.05) is 0 Å². The quantitative estimate of drug-likeness (QED) is 0.521. The fraction of sp³-hybridized carbons (Fsp3) is 0.600. The molecule has 0 saturated carbocycles. The molecule has 0 aromatic heterocycles. The summed E-state index contributed by atoms with van der Waals surface area (Å²) in [5, 5.41) is 17.6. The molecule has 0 rings (SSSR count). The van der Waals surface area contributed by atoms with Gasteiger partial charge in [0.15, 0.2) is 0 Å². The molecule has 0 radical (unpaired) electrons. The second-order valence-corrected chi connectivity index (χ2v) is 3.60. The first-order valence-corrected chi connectivity index (χ1v) is 5.00. The highest BCUT2D eigenvalue weighted by atomic mass is 16.4. The highest BCUT2D eigenvalue weighted by Gasteiger charge is 2.27. The SMILES string of the molecule is CC(=O)CN(CC(=O)O)[C@@H](CCC=O)C(=O)O. The van der Waals surface area contributed by atoms with Gasteiger partial charge in [0.05, 0.1) is 13.1 Å². The number of hydrogen-bond donors (Lipinski definition) is 2. The number of aliphatic carboxylic acids is 2. The van der Waals surface area contributed by atoms with Gasteiger partial charge in [0.25, 0.3) is 0 Å². The van der Waals surface area contributed by atoms with Crippen LogP contribution in [-0.4, -0.2) is 58.3 Å². The largest absolute Gasteiger partial charge is 0.480 e. The van der Waals surface area contributed by atoms with Gasteiger partial charge < -0.3 is 15.0 Å². The van der Waals surface area contributed by atoms with Crippen molar-refractivity contribution in [3.63, 3.8) is 0 Å². The smallest absolute Gasteiger partial charge is 0.320 e. The van der Waals surface area contributed by atoms with Gasteiger partial charge in [-0.2, -0.15) is 0 Å². The lowest BCUT2D eigenvalue weighted by atomic mass is 10.1. The Hall–Kier alpha value is -1.76. The first-order valence-electron chi connectivity index (χ1n) is 5.00. The molecule has 7 nitrogen and oxygen atoms in total. The molecule has 17 heavy (non-hydrogen) atoms. The third kappa shape index (κ3) is 6.41. The molecule has 0 unspecified atom stereocenters. The molecule has 0 fully saturated rings. The van der Waals surface area contributed by atoms with Crippen LogP contribution in [0.5, 0.6) is 0 Å². The zero-order chi connectivity index (χ0) is 13.4. The van der Waals surface area contributed by atoms with Crippen molar-refractivity contribution in [2.75, 3.05) is 13.1 Å². The topological polar surface area (TPSA) is 112 Å². The number of carbonyl (C=O) groups excluding carboxylic acids is 2. The fourth-order valence-corrected chi connectivity index (χ4v) is 1.42. The minimum Gasteiger partial charge on any atom is -0.480 e. The minimum atomic E-state index is -1.24. The second kappa shape index (κ2) is 7.50. The van der Waals surface area contributed by atoms with E-state index in [-0.39, 0.29) is 25.2 Å². The molecule has 0 aliphatic carbocycles. The highest BCUT2D eigenvalue weighted by molar-refractivity contribution is 5.81. The van der Waals surface area contributed by atoms with Crippen molar-refractivity contribution in [3.05, 3.63) is 0 Å². The summed E-state index contributed by atoms with van der Waals surface area (Å²) in [7, 11) is 0. The van der Waals surface area contributed by atoms with Crippen molar-refractivity contribution < 1.29 is 29.4 Å². The van der Waals surface area contributed by atoms with Gasteiger partial charge in [-0.15, -0.1) is 0 Å². The standard InChI is InChI=1S/C10H15NO6/c1-7(13)5-11(6-9(14)15)8(10(16)17)3-2-4-12/h4,8H,2-3,5-6H2,1H3,(H,14,15)(H,16,17)/t8-/m0/s1. The van der Waals surface area contributed by atoms with Crippen LogP contribution in [-0.2, 0) is 19.2 Å². The van der Waals surface area contributed by atoms with Crippen LogP contribution in [0, 0.1) is 0 Å². The van der Waals surface area contributed by atoms with Gasteiger partial charge in [0.2, 0.25) is 0 Å².